The summed E-state index contributed by atoms with van der Waals surface area (Å²) in [5.74, 6) is 0.148. The summed E-state index contributed by atoms with van der Waals surface area (Å²) in [6.07, 6.45) is 3.95. The van der Waals surface area contributed by atoms with E-state index in [0.717, 1.165) is 5.56 Å². The minimum absolute atomic E-state index is 0.172. The summed E-state index contributed by atoms with van der Waals surface area (Å²) in [6, 6.07) is 7.37. The third-order valence-corrected chi connectivity index (χ3v) is 3.78. The zero-order valence-corrected chi connectivity index (χ0v) is 12.5. The highest BCUT2D eigenvalue weighted by Gasteiger charge is 2.20. The summed E-state index contributed by atoms with van der Waals surface area (Å²) < 4.78 is 19.5. The first-order valence-corrected chi connectivity index (χ1v) is 7.32. The van der Waals surface area contributed by atoms with E-state index in [1.54, 1.807) is 31.2 Å². The fourth-order valence-corrected chi connectivity index (χ4v) is 2.17. The average Bonchev–Trinajstić information content (AvgIpc) is 3.28. The molecule has 0 aliphatic heterocycles. The van der Waals surface area contributed by atoms with Crippen molar-refractivity contribution in [1.29, 1.82) is 0 Å². The molecule has 1 N–H and O–H groups in total. The second kappa shape index (κ2) is 6.00. The van der Waals surface area contributed by atoms with Gasteiger partial charge in [-0.2, -0.15) is 0 Å². The molecule has 1 aliphatic rings. The third-order valence-electron chi connectivity index (χ3n) is 3.44. The van der Waals surface area contributed by atoms with Crippen molar-refractivity contribution in [2.24, 2.45) is 0 Å². The largest absolute Gasteiger partial charge is 0.436 e. The normalized spacial score (nSPS) is 14.2. The van der Waals surface area contributed by atoms with Gasteiger partial charge in [-0.15, -0.1) is 0 Å². The van der Waals surface area contributed by atoms with E-state index in [0.29, 0.717) is 29.1 Å². The molecule has 1 fully saturated rings. The SMILES string of the molecule is Cc1cccc(Oc2cc(CNC3CC3)c(Cl)cn2)c1F. The number of hydrogen-bond donors (Lipinski definition) is 1. The van der Waals surface area contributed by atoms with Gasteiger partial charge in [-0.1, -0.05) is 23.7 Å². The van der Waals surface area contributed by atoms with E-state index in [1.807, 2.05) is 0 Å². The van der Waals surface area contributed by atoms with Gasteiger partial charge in [0.25, 0.3) is 0 Å². The summed E-state index contributed by atoms with van der Waals surface area (Å²) >= 11 is 6.13. The van der Waals surface area contributed by atoms with Gasteiger partial charge in [0.05, 0.1) is 5.02 Å². The minimum atomic E-state index is -0.369. The molecule has 0 bridgehead atoms. The number of ether oxygens (including phenoxy) is 1. The molecule has 3 nitrogen and oxygen atoms in total. The standard InChI is InChI=1S/C16H16ClFN2O/c1-10-3-2-4-14(16(10)18)21-15-7-11(13(17)9-20-15)8-19-12-5-6-12/h2-4,7,9,12,19H,5-6,8H2,1H3. The first kappa shape index (κ1) is 14.3. The van der Waals surface area contributed by atoms with Gasteiger partial charge in [0.1, 0.15) is 0 Å². The van der Waals surface area contributed by atoms with Gasteiger partial charge >= 0.3 is 0 Å². The molecule has 1 aromatic heterocycles. The first-order valence-electron chi connectivity index (χ1n) is 6.94. The molecule has 1 aromatic carbocycles. The van der Waals surface area contributed by atoms with Gasteiger partial charge in [-0.25, -0.2) is 9.37 Å². The van der Waals surface area contributed by atoms with E-state index in [-0.39, 0.29) is 11.6 Å². The van der Waals surface area contributed by atoms with E-state index in [9.17, 15) is 4.39 Å². The second-order valence-electron chi connectivity index (χ2n) is 5.26. The number of pyridine rings is 1. The molecule has 21 heavy (non-hydrogen) atoms. The topological polar surface area (TPSA) is 34.1 Å². The predicted octanol–water partition coefficient (Wildman–Crippen LogP) is 4.23. The number of halogens is 2. The molecule has 5 heteroatoms. The predicted molar refractivity (Wildman–Crippen MR) is 80.3 cm³/mol. The quantitative estimate of drug-likeness (QED) is 0.897. The third kappa shape index (κ3) is 3.52. The molecule has 0 amide bonds. The van der Waals surface area contributed by atoms with E-state index in [1.165, 1.54) is 19.0 Å². The van der Waals surface area contributed by atoms with Crippen LogP contribution in [-0.2, 0) is 6.54 Å². The minimum Gasteiger partial charge on any atom is -0.436 e. The smallest absolute Gasteiger partial charge is 0.219 e. The Balaban J connectivity index is 1.78. The van der Waals surface area contributed by atoms with Gasteiger partial charge in [0.2, 0.25) is 5.88 Å². The van der Waals surface area contributed by atoms with Crippen LogP contribution in [0.25, 0.3) is 0 Å². The Morgan fingerprint density at radius 3 is 3.00 bits per heavy atom. The molecule has 3 rings (SSSR count). The van der Waals surface area contributed by atoms with Crippen molar-refractivity contribution in [3.05, 3.63) is 52.4 Å². The lowest BCUT2D eigenvalue weighted by atomic mass is 10.2. The van der Waals surface area contributed by atoms with Crippen LogP contribution < -0.4 is 10.1 Å². The van der Waals surface area contributed by atoms with Crippen molar-refractivity contribution in [3.63, 3.8) is 0 Å². The molecule has 110 valence electrons. The van der Waals surface area contributed by atoms with E-state index < -0.39 is 0 Å². The fourth-order valence-electron chi connectivity index (χ4n) is 2.00. The molecule has 1 heterocycles. The number of benzene rings is 1. The summed E-state index contributed by atoms with van der Waals surface area (Å²) in [7, 11) is 0. The van der Waals surface area contributed by atoms with Gasteiger partial charge in [0.15, 0.2) is 11.6 Å². The molecule has 1 saturated carbocycles. The highest BCUT2D eigenvalue weighted by atomic mass is 35.5. The Labute approximate surface area is 128 Å². The Hall–Kier alpha value is -1.65. The van der Waals surface area contributed by atoms with Gasteiger partial charge in [-0.05, 0) is 37.0 Å². The molecule has 2 aromatic rings. The Bertz CT molecular complexity index is 659. The second-order valence-corrected chi connectivity index (χ2v) is 5.67. The van der Waals surface area contributed by atoms with Crippen LogP contribution in [0.1, 0.15) is 24.0 Å². The van der Waals surface area contributed by atoms with Gasteiger partial charge in [0, 0.05) is 24.8 Å². The Kier molecular flexibility index (Phi) is 4.08. The van der Waals surface area contributed by atoms with Crippen LogP contribution in [0, 0.1) is 12.7 Å². The molecule has 0 saturated heterocycles. The molecule has 0 unspecified atom stereocenters. The highest BCUT2D eigenvalue weighted by Crippen LogP contribution is 2.28. The van der Waals surface area contributed by atoms with Crippen molar-refractivity contribution in [1.82, 2.24) is 10.3 Å². The maximum absolute atomic E-state index is 13.9. The fraction of sp³-hybridized carbons (Fsp3) is 0.312. The lowest BCUT2D eigenvalue weighted by molar-refractivity contribution is 0.425. The maximum Gasteiger partial charge on any atom is 0.219 e. The van der Waals surface area contributed by atoms with Crippen LogP contribution in [0.2, 0.25) is 5.02 Å². The number of rotatable bonds is 5. The number of nitrogens with one attached hydrogen (secondary N) is 1. The van der Waals surface area contributed by atoms with E-state index in [4.69, 9.17) is 16.3 Å². The number of aromatic nitrogens is 1. The number of hydrogen-bond acceptors (Lipinski definition) is 3. The highest BCUT2D eigenvalue weighted by molar-refractivity contribution is 6.31. The van der Waals surface area contributed by atoms with Crippen molar-refractivity contribution in [3.8, 4) is 11.6 Å². The Morgan fingerprint density at radius 2 is 2.24 bits per heavy atom. The first-order chi connectivity index (χ1) is 10.1. The van der Waals surface area contributed by atoms with Crippen LogP contribution in [0.3, 0.4) is 0 Å². The summed E-state index contributed by atoms with van der Waals surface area (Å²) in [5.41, 5.74) is 1.44. The van der Waals surface area contributed by atoms with Crippen molar-refractivity contribution >= 4 is 11.6 Å². The van der Waals surface area contributed by atoms with E-state index >= 15 is 0 Å². The van der Waals surface area contributed by atoms with Crippen molar-refractivity contribution in [2.75, 3.05) is 0 Å². The zero-order chi connectivity index (χ0) is 14.8. The molecule has 0 atom stereocenters. The van der Waals surface area contributed by atoms with Crippen LogP contribution in [-0.4, -0.2) is 11.0 Å². The monoisotopic (exact) mass is 306 g/mol. The number of nitrogens with zero attached hydrogens (tertiary/aromatic N) is 1. The van der Waals surface area contributed by atoms with Gasteiger partial charge in [-0.3, -0.25) is 0 Å². The summed E-state index contributed by atoms with van der Waals surface area (Å²) in [6.45, 7) is 2.36. The van der Waals surface area contributed by atoms with Crippen LogP contribution in [0.15, 0.2) is 30.5 Å². The number of aryl methyl sites for hydroxylation is 1. The van der Waals surface area contributed by atoms with Crippen LogP contribution >= 0.6 is 11.6 Å². The van der Waals surface area contributed by atoms with Crippen molar-refractivity contribution in [2.45, 2.75) is 32.4 Å². The van der Waals surface area contributed by atoms with Crippen LogP contribution in [0.4, 0.5) is 4.39 Å². The summed E-state index contributed by atoms with van der Waals surface area (Å²) in [5, 5.41) is 3.97. The molecular formula is C16H16ClFN2O. The molecule has 0 radical (unpaired) electrons. The van der Waals surface area contributed by atoms with Crippen molar-refractivity contribution < 1.29 is 9.13 Å². The Morgan fingerprint density at radius 1 is 1.43 bits per heavy atom. The average molecular weight is 307 g/mol. The van der Waals surface area contributed by atoms with E-state index in [2.05, 4.69) is 10.3 Å². The summed E-state index contributed by atoms with van der Waals surface area (Å²) in [4.78, 5) is 4.10. The zero-order valence-electron chi connectivity index (χ0n) is 11.7. The lowest BCUT2D eigenvalue weighted by Gasteiger charge is -2.10. The van der Waals surface area contributed by atoms with Crippen LogP contribution in [0.5, 0.6) is 11.6 Å². The maximum atomic E-state index is 13.9. The van der Waals surface area contributed by atoms with Gasteiger partial charge < -0.3 is 10.1 Å². The molecule has 0 spiro atoms. The molecular weight excluding hydrogens is 291 g/mol. The molecule has 1 aliphatic carbocycles. The lowest BCUT2D eigenvalue weighted by Crippen LogP contribution is -2.15.